The molecule has 5 heteroatoms. The van der Waals surface area contributed by atoms with Crippen molar-refractivity contribution < 1.29 is 0 Å². The number of nitrogens with one attached hydrogen (secondary N) is 2. The summed E-state index contributed by atoms with van der Waals surface area (Å²) in [7, 11) is 0. The summed E-state index contributed by atoms with van der Waals surface area (Å²) >= 11 is 1.95. The van der Waals surface area contributed by atoms with E-state index in [1.54, 1.807) is 0 Å². The van der Waals surface area contributed by atoms with Crippen molar-refractivity contribution in [2.45, 2.75) is 31.4 Å². The lowest BCUT2D eigenvalue weighted by molar-refractivity contribution is 0.929. The maximum atomic E-state index is 4.41. The Hall–Kier alpha value is -0.970. The molecule has 1 heterocycles. The third-order valence-electron chi connectivity index (χ3n) is 3.03. The smallest absolute Gasteiger partial charge is 0.131 e. The Balaban J connectivity index is 2.00. The fourth-order valence-corrected chi connectivity index (χ4v) is 2.50. The van der Waals surface area contributed by atoms with Crippen molar-refractivity contribution in [1.82, 2.24) is 9.97 Å². The molecule has 0 spiro atoms. The summed E-state index contributed by atoms with van der Waals surface area (Å²) < 4.78 is 0.456. The number of hydrogen-bond acceptors (Lipinski definition) is 5. The third-order valence-corrected chi connectivity index (χ3v) is 4.45. The molecule has 0 aromatic carbocycles. The normalized spacial score (nSPS) is 16.6. The van der Waals surface area contributed by atoms with Crippen LogP contribution in [0.25, 0.3) is 0 Å². The van der Waals surface area contributed by atoms with Crippen LogP contribution in [-0.4, -0.2) is 34.1 Å². The number of aryl methyl sites for hydroxylation is 1. The van der Waals surface area contributed by atoms with Crippen LogP contribution >= 0.6 is 11.8 Å². The van der Waals surface area contributed by atoms with E-state index in [0.29, 0.717) is 4.75 Å². The topological polar surface area (TPSA) is 49.8 Å². The summed E-state index contributed by atoms with van der Waals surface area (Å²) in [4.78, 5) is 8.75. The Morgan fingerprint density at radius 2 is 1.94 bits per heavy atom. The van der Waals surface area contributed by atoms with Gasteiger partial charge in [-0.25, -0.2) is 9.97 Å². The Bertz CT molecular complexity index is 390. The molecule has 1 saturated carbocycles. The monoisotopic (exact) mass is 252 g/mol. The SMILES string of the molecule is CCNc1cc(NCC2(SC)CC2)nc(C)n1. The van der Waals surface area contributed by atoms with Gasteiger partial charge in [0.25, 0.3) is 0 Å². The van der Waals surface area contributed by atoms with Gasteiger partial charge in [-0.1, -0.05) is 0 Å². The molecule has 94 valence electrons. The van der Waals surface area contributed by atoms with Crippen LogP contribution in [-0.2, 0) is 0 Å². The van der Waals surface area contributed by atoms with Crippen molar-refractivity contribution >= 4 is 23.4 Å². The second-order valence-electron chi connectivity index (χ2n) is 4.46. The van der Waals surface area contributed by atoms with Gasteiger partial charge in [0.1, 0.15) is 17.5 Å². The maximum absolute atomic E-state index is 4.41. The van der Waals surface area contributed by atoms with E-state index in [4.69, 9.17) is 0 Å². The third kappa shape index (κ3) is 3.25. The van der Waals surface area contributed by atoms with Gasteiger partial charge in [-0.05, 0) is 32.9 Å². The van der Waals surface area contributed by atoms with Crippen molar-refractivity contribution in [2.24, 2.45) is 0 Å². The van der Waals surface area contributed by atoms with Gasteiger partial charge in [0.15, 0.2) is 0 Å². The first-order valence-corrected chi connectivity index (χ1v) is 7.28. The molecule has 1 fully saturated rings. The van der Waals surface area contributed by atoms with Gasteiger partial charge in [0.05, 0.1) is 0 Å². The first kappa shape index (κ1) is 12.5. The van der Waals surface area contributed by atoms with E-state index in [1.807, 2.05) is 24.8 Å². The lowest BCUT2D eigenvalue weighted by Gasteiger charge is -2.14. The number of hydrogen-bond donors (Lipinski definition) is 2. The van der Waals surface area contributed by atoms with Gasteiger partial charge in [0, 0.05) is 23.9 Å². The predicted octanol–water partition coefficient (Wildman–Crippen LogP) is 2.52. The molecule has 1 aliphatic rings. The minimum atomic E-state index is 0.456. The van der Waals surface area contributed by atoms with Crippen molar-refractivity contribution in [3.8, 4) is 0 Å². The van der Waals surface area contributed by atoms with Gasteiger partial charge in [-0.15, -0.1) is 0 Å². The zero-order chi connectivity index (χ0) is 12.3. The largest absolute Gasteiger partial charge is 0.370 e. The predicted molar refractivity (Wildman–Crippen MR) is 74.9 cm³/mol. The molecular weight excluding hydrogens is 232 g/mol. The molecule has 1 aliphatic carbocycles. The molecule has 1 aromatic heterocycles. The van der Waals surface area contributed by atoms with Crippen molar-refractivity contribution in [2.75, 3.05) is 30.0 Å². The molecule has 0 saturated heterocycles. The molecule has 17 heavy (non-hydrogen) atoms. The Kier molecular flexibility index (Phi) is 3.76. The van der Waals surface area contributed by atoms with Crippen LogP contribution in [0.4, 0.5) is 11.6 Å². The first-order chi connectivity index (χ1) is 8.17. The van der Waals surface area contributed by atoms with Crippen LogP contribution in [0.3, 0.4) is 0 Å². The fraction of sp³-hybridized carbons (Fsp3) is 0.667. The number of thioether (sulfide) groups is 1. The number of aromatic nitrogens is 2. The molecule has 2 N–H and O–H groups in total. The van der Waals surface area contributed by atoms with Gasteiger partial charge >= 0.3 is 0 Å². The summed E-state index contributed by atoms with van der Waals surface area (Å²) in [6.07, 6.45) is 4.81. The first-order valence-electron chi connectivity index (χ1n) is 6.06. The highest BCUT2D eigenvalue weighted by molar-refractivity contribution is 8.00. The number of anilines is 2. The lowest BCUT2D eigenvalue weighted by Crippen LogP contribution is -2.18. The molecule has 4 nitrogen and oxygen atoms in total. The van der Waals surface area contributed by atoms with Gasteiger partial charge in [0.2, 0.25) is 0 Å². The molecule has 0 amide bonds. The summed E-state index contributed by atoms with van der Waals surface area (Å²) in [6.45, 7) is 5.87. The Morgan fingerprint density at radius 1 is 1.29 bits per heavy atom. The van der Waals surface area contributed by atoms with Crippen LogP contribution in [0, 0.1) is 6.92 Å². The van der Waals surface area contributed by atoms with Crippen LogP contribution in [0.1, 0.15) is 25.6 Å². The van der Waals surface area contributed by atoms with E-state index in [1.165, 1.54) is 12.8 Å². The minimum Gasteiger partial charge on any atom is -0.370 e. The van der Waals surface area contributed by atoms with E-state index in [-0.39, 0.29) is 0 Å². The summed E-state index contributed by atoms with van der Waals surface area (Å²) in [6, 6.07) is 1.98. The van der Waals surface area contributed by atoms with E-state index in [2.05, 4.69) is 33.8 Å². The molecule has 0 bridgehead atoms. The average molecular weight is 252 g/mol. The molecule has 0 radical (unpaired) electrons. The van der Waals surface area contributed by atoms with Crippen LogP contribution in [0.15, 0.2) is 6.07 Å². The zero-order valence-electron chi connectivity index (χ0n) is 10.7. The fourth-order valence-electron chi connectivity index (χ4n) is 1.77. The van der Waals surface area contributed by atoms with E-state index < -0.39 is 0 Å². The van der Waals surface area contributed by atoms with Crippen molar-refractivity contribution in [1.29, 1.82) is 0 Å². The number of rotatable bonds is 6. The number of nitrogens with zero attached hydrogens (tertiary/aromatic N) is 2. The van der Waals surface area contributed by atoms with E-state index >= 15 is 0 Å². The highest BCUT2D eigenvalue weighted by Gasteiger charge is 2.41. The van der Waals surface area contributed by atoms with E-state index in [9.17, 15) is 0 Å². The summed E-state index contributed by atoms with van der Waals surface area (Å²) in [5.74, 6) is 2.63. The standard InChI is InChI=1S/C12H20N4S/c1-4-13-10-7-11(16-9(2)15-10)14-8-12(17-3)5-6-12/h7H,4-6,8H2,1-3H3,(H2,13,14,15,16). The van der Waals surface area contributed by atoms with Crippen molar-refractivity contribution in [3.05, 3.63) is 11.9 Å². The Labute approximate surface area is 107 Å². The van der Waals surface area contributed by atoms with Gasteiger partial charge < -0.3 is 10.6 Å². The molecule has 0 aliphatic heterocycles. The molecule has 0 unspecified atom stereocenters. The second kappa shape index (κ2) is 5.12. The average Bonchev–Trinajstić information content (AvgIpc) is 3.07. The quantitative estimate of drug-likeness (QED) is 0.815. The molecular formula is C12H20N4S. The Morgan fingerprint density at radius 3 is 2.47 bits per heavy atom. The minimum absolute atomic E-state index is 0.456. The van der Waals surface area contributed by atoms with E-state index in [0.717, 1.165) is 30.5 Å². The molecule has 2 rings (SSSR count). The highest BCUT2D eigenvalue weighted by atomic mass is 32.2. The zero-order valence-corrected chi connectivity index (χ0v) is 11.5. The second-order valence-corrected chi connectivity index (χ2v) is 5.73. The lowest BCUT2D eigenvalue weighted by atomic mass is 10.4. The van der Waals surface area contributed by atoms with Crippen LogP contribution in [0.5, 0.6) is 0 Å². The van der Waals surface area contributed by atoms with Crippen molar-refractivity contribution in [3.63, 3.8) is 0 Å². The summed E-state index contributed by atoms with van der Waals surface area (Å²) in [5.41, 5.74) is 0. The highest BCUT2D eigenvalue weighted by Crippen LogP contribution is 2.46. The van der Waals surface area contributed by atoms with Crippen LogP contribution < -0.4 is 10.6 Å². The maximum Gasteiger partial charge on any atom is 0.131 e. The van der Waals surface area contributed by atoms with Gasteiger partial charge in [-0.2, -0.15) is 11.8 Å². The molecule has 1 aromatic rings. The molecule has 0 atom stereocenters. The summed E-state index contributed by atoms with van der Waals surface area (Å²) in [5, 5.41) is 6.65. The van der Waals surface area contributed by atoms with Crippen LogP contribution in [0.2, 0.25) is 0 Å². The van der Waals surface area contributed by atoms with Gasteiger partial charge in [-0.3, -0.25) is 0 Å².